The fourth-order valence-electron chi connectivity index (χ4n) is 5.45. The predicted octanol–water partition coefficient (Wildman–Crippen LogP) is 5.15. The Morgan fingerprint density at radius 2 is 1.67 bits per heavy atom. The van der Waals surface area contributed by atoms with Crippen molar-refractivity contribution in [3.63, 3.8) is 0 Å². The number of aromatic nitrogens is 1. The van der Waals surface area contributed by atoms with E-state index in [1.165, 1.54) is 7.11 Å². The van der Waals surface area contributed by atoms with Crippen molar-refractivity contribution in [3.05, 3.63) is 66.2 Å². The molecule has 2 amide bonds. The molecule has 0 saturated carbocycles. The zero-order valence-electron chi connectivity index (χ0n) is 28.8. The van der Waals surface area contributed by atoms with Gasteiger partial charge in [0.2, 0.25) is 11.8 Å². The van der Waals surface area contributed by atoms with Crippen molar-refractivity contribution in [2.24, 2.45) is 11.8 Å². The highest BCUT2D eigenvalue weighted by atomic mass is 16.6. The highest BCUT2D eigenvalue weighted by Crippen LogP contribution is 2.36. The van der Waals surface area contributed by atoms with E-state index in [0.29, 0.717) is 28.1 Å². The molecule has 1 heterocycles. The van der Waals surface area contributed by atoms with Crippen LogP contribution in [0.25, 0.3) is 22.2 Å². The summed E-state index contributed by atoms with van der Waals surface area (Å²) in [6.45, 7) is 10.6. The average Bonchev–Trinajstić information content (AvgIpc) is 3.48. The van der Waals surface area contributed by atoms with Crippen molar-refractivity contribution >= 4 is 34.7 Å². The summed E-state index contributed by atoms with van der Waals surface area (Å²) in [5.74, 6) is -2.46. The van der Waals surface area contributed by atoms with Gasteiger partial charge in [0.25, 0.3) is 0 Å². The van der Waals surface area contributed by atoms with Gasteiger partial charge in [0, 0.05) is 35.1 Å². The number of hydrogen-bond acceptors (Lipinski definition) is 9. The zero-order chi connectivity index (χ0) is 35.2. The van der Waals surface area contributed by atoms with Crippen LogP contribution in [0.2, 0.25) is 0 Å². The number of ether oxygens (including phenoxy) is 4. The summed E-state index contributed by atoms with van der Waals surface area (Å²) in [5, 5.41) is 6.23. The third kappa shape index (κ3) is 8.70. The standard InChI is InChI=1S/C37H45N3O8/c1-9-28(35(43)48-37(4,5)6)39-33(41)26-17-24(18-27(26)34(42)40-32(21(2)3)36(44)46-8)47-31-20-29(22-13-11-10-12-14-22)38-30-19-23(45-7)15-16-25(30)31/h10-16,18-21,24,26,28,32H,9,17H2,1-8H3,(H,39,41)(H,40,42)/t24?,26?,28-,32-/m0/s1. The molecule has 0 radical (unpaired) electrons. The fourth-order valence-corrected chi connectivity index (χ4v) is 5.45. The van der Waals surface area contributed by atoms with Crippen molar-refractivity contribution in [1.29, 1.82) is 0 Å². The Hall–Kier alpha value is -4.93. The van der Waals surface area contributed by atoms with Crippen LogP contribution in [0.15, 0.2) is 66.2 Å². The van der Waals surface area contributed by atoms with Crippen LogP contribution >= 0.6 is 0 Å². The number of amides is 2. The monoisotopic (exact) mass is 659 g/mol. The second kappa shape index (κ2) is 15.3. The van der Waals surface area contributed by atoms with Crippen molar-refractivity contribution in [2.45, 2.75) is 78.2 Å². The molecule has 256 valence electrons. The van der Waals surface area contributed by atoms with Crippen LogP contribution in [0.4, 0.5) is 0 Å². The van der Waals surface area contributed by atoms with Crippen molar-refractivity contribution in [2.75, 3.05) is 14.2 Å². The second-order valence-electron chi connectivity index (χ2n) is 13.0. The van der Waals surface area contributed by atoms with Crippen LogP contribution in [0.3, 0.4) is 0 Å². The number of hydrogen-bond donors (Lipinski definition) is 2. The van der Waals surface area contributed by atoms with Gasteiger partial charge in [-0.05, 0) is 51.3 Å². The molecule has 1 aliphatic rings. The van der Waals surface area contributed by atoms with Crippen LogP contribution in [0.5, 0.6) is 11.5 Å². The molecule has 4 atom stereocenters. The number of nitrogens with zero attached hydrogens (tertiary/aromatic N) is 1. The Kier molecular flexibility index (Phi) is 11.5. The van der Waals surface area contributed by atoms with Gasteiger partial charge in [0.15, 0.2) is 0 Å². The Morgan fingerprint density at radius 1 is 0.958 bits per heavy atom. The Balaban J connectivity index is 1.71. The molecule has 48 heavy (non-hydrogen) atoms. The van der Waals surface area contributed by atoms with Crippen LogP contribution in [0.1, 0.15) is 54.4 Å². The van der Waals surface area contributed by atoms with Gasteiger partial charge in [-0.1, -0.05) is 51.1 Å². The van der Waals surface area contributed by atoms with E-state index in [-0.39, 0.29) is 24.3 Å². The molecule has 0 fully saturated rings. The van der Waals surface area contributed by atoms with Crippen LogP contribution in [-0.4, -0.2) is 66.7 Å². The molecule has 1 aliphatic carbocycles. The summed E-state index contributed by atoms with van der Waals surface area (Å²) in [6.07, 6.45) is 1.27. The van der Waals surface area contributed by atoms with E-state index in [1.807, 2.05) is 48.5 Å². The van der Waals surface area contributed by atoms with Gasteiger partial charge in [0.05, 0.1) is 31.3 Å². The summed E-state index contributed by atoms with van der Waals surface area (Å²) >= 11 is 0. The summed E-state index contributed by atoms with van der Waals surface area (Å²) in [4.78, 5) is 57.8. The minimum Gasteiger partial charge on any atom is -0.497 e. The minimum atomic E-state index is -0.987. The predicted molar refractivity (Wildman–Crippen MR) is 181 cm³/mol. The van der Waals surface area contributed by atoms with E-state index in [4.69, 9.17) is 23.9 Å². The van der Waals surface area contributed by atoms with Crippen molar-refractivity contribution in [3.8, 4) is 22.8 Å². The average molecular weight is 660 g/mol. The first-order valence-corrected chi connectivity index (χ1v) is 16.1. The van der Waals surface area contributed by atoms with Gasteiger partial charge in [0.1, 0.15) is 35.3 Å². The first-order valence-electron chi connectivity index (χ1n) is 16.1. The Labute approximate surface area is 281 Å². The maximum absolute atomic E-state index is 13.8. The van der Waals surface area contributed by atoms with Crippen LogP contribution in [-0.2, 0) is 28.7 Å². The normalized spacial score (nSPS) is 17.2. The highest BCUT2D eigenvalue weighted by Gasteiger charge is 2.40. The zero-order valence-corrected chi connectivity index (χ0v) is 28.8. The highest BCUT2D eigenvalue weighted by molar-refractivity contribution is 6.03. The first kappa shape index (κ1) is 35.9. The molecule has 0 spiro atoms. The SMILES string of the molecule is CC[C@H](NC(=O)C1CC(Oc2cc(-c3ccccc3)nc3cc(OC)ccc23)C=C1C(=O)N[C@H](C(=O)OC)C(C)C)C(=O)OC(C)(C)C. The smallest absolute Gasteiger partial charge is 0.329 e. The molecule has 11 nitrogen and oxygen atoms in total. The number of methoxy groups -OCH3 is 2. The number of pyridine rings is 1. The van der Waals surface area contributed by atoms with E-state index in [2.05, 4.69) is 10.6 Å². The third-order valence-corrected chi connectivity index (χ3v) is 7.94. The summed E-state index contributed by atoms with van der Waals surface area (Å²) in [5.41, 5.74) is 1.56. The number of carbonyl (C=O) groups is 4. The summed E-state index contributed by atoms with van der Waals surface area (Å²) in [6, 6.07) is 15.1. The lowest BCUT2D eigenvalue weighted by molar-refractivity contribution is -0.159. The van der Waals surface area contributed by atoms with E-state index < -0.39 is 53.5 Å². The molecular weight excluding hydrogens is 614 g/mol. The Bertz CT molecular complexity index is 1680. The van der Waals surface area contributed by atoms with E-state index in [9.17, 15) is 19.2 Å². The van der Waals surface area contributed by atoms with Gasteiger partial charge in [-0.3, -0.25) is 9.59 Å². The maximum Gasteiger partial charge on any atom is 0.329 e. The molecule has 3 aromatic rings. The maximum atomic E-state index is 13.8. The molecule has 0 bridgehead atoms. The lowest BCUT2D eigenvalue weighted by atomic mass is 9.97. The molecule has 0 saturated heterocycles. The minimum absolute atomic E-state index is 0.102. The number of carbonyl (C=O) groups excluding carboxylic acids is 4. The topological polar surface area (TPSA) is 142 Å². The lowest BCUT2D eigenvalue weighted by Gasteiger charge is -2.25. The molecular formula is C37H45N3O8. The van der Waals surface area contributed by atoms with Crippen LogP contribution < -0.4 is 20.1 Å². The molecule has 4 rings (SSSR count). The largest absolute Gasteiger partial charge is 0.497 e. The van der Waals surface area contributed by atoms with E-state index in [0.717, 1.165) is 5.56 Å². The molecule has 2 N–H and O–H groups in total. The van der Waals surface area contributed by atoms with Gasteiger partial charge >= 0.3 is 11.9 Å². The van der Waals surface area contributed by atoms with E-state index >= 15 is 0 Å². The summed E-state index contributed by atoms with van der Waals surface area (Å²) < 4.78 is 22.4. The summed E-state index contributed by atoms with van der Waals surface area (Å²) in [7, 11) is 2.83. The number of rotatable bonds is 12. The van der Waals surface area contributed by atoms with Crippen LogP contribution in [0, 0.1) is 11.8 Å². The van der Waals surface area contributed by atoms with Crippen molar-refractivity contribution in [1.82, 2.24) is 15.6 Å². The number of fused-ring (bicyclic) bond motifs is 1. The molecule has 0 aliphatic heterocycles. The molecule has 2 aromatic carbocycles. The number of esters is 2. The third-order valence-electron chi connectivity index (χ3n) is 7.94. The van der Waals surface area contributed by atoms with E-state index in [1.54, 1.807) is 60.8 Å². The molecule has 11 heteroatoms. The van der Waals surface area contributed by atoms with Gasteiger partial charge in [-0.2, -0.15) is 0 Å². The second-order valence-corrected chi connectivity index (χ2v) is 13.0. The Morgan fingerprint density at radius 3 is 2.27 bits per heavy atom. The van der Waals surface area contributed by atoms with Crippen molar-refractivity contribution < 1.29 is 38.1 Å². The first-order chi connectivity index (χ1) is 22.7. The quantitative estimate of drug-likeness (QED) is 0.252. The fraction of sp³-hybridized carbons (Fsp3) is 0.432. The number of benzene rings is 2. The molecule has 2 unspecified atom stereocenters. The van der Waals surface area contributed by atoms with Gasteiger partial charge in [-0.15, -0.1) is 0 Å². The van der Waals surface area contributed by atoms with Gasteiger partial charge in [-0.25, -0.2) is 14.6 Å². The van der Waals surface area contributed by atoms with Gasteiger partial charge < -0.3 is 29.6 Å². The molecule has 1 aromatic heterocycles. The number of nitrogens with one attached hydrogen (secondary N) is 2. The lowest BCUT2D eigenvalue weighted by Crippen LogP contribution is -2.49.